The van der Waals surface area contributed by atoms with E-state index >= 15 is 0 Å². The van der Waals surface area contributed by atoms with Crippen molar-refractivity contribution in [3.63, 3.8) is 0 Å². The summed E-state index contributed by atoms with van der Waals surface area (Å²) < 4.78 is 46.0. The summed E-state index contributed by atoms with van der Waals surface area (Å²) >= 11 is 0. The van der Waals surface area contributed by atoms with E-state index in [9.17, 15) is 46.8 Å². The summed E-state index contributed by atoms with van der Waals surface area (Å²) in [7, 11) is -0.807. The molecule has 0 N–H and O–H groups in total. The Hall–Kier alpha value is -4.53. The zero-order valence-corrected chi connectivity index (χ0v) is 92.0. The van der Waals surface area contributed by atoms with Gasteiger partial charge in [-0.1, -0.05) is 235 Å². The molecule has 10 rings (SSSR count). The number of sulfonamides is 1. The number of likely N-dealkylation sites (N-methyl/N-ethyl adjacent to an activating group) is 1. The smallest absolute Gasteiger partial charge is 0.225 e. The summed E-state index contributed by atoms with van der Waals surface area (Å²) in [6.45, 7) is 99.9. The highest BCUT2D eigenvalue weighted by molar-refractivity contribution is 7.88. The largest absolute Gasteiger partial charge is 0.377 e. The summed E-state index contributed by atoms with van der Waals surface area (Å²) in [4.78, 5) is 107. The van der Waals surface area contributed by atoms with E-state index in [1.54, 1.807) is 25.1 Å². The molecule has 10 fully saturated rings. The zero-order valence-electron chi connectivity index (χ0n) is 91.2. The Kier molecular flexibility index (Phi) is 52.4. The minimum atomic E-state index is -2.96. The van der Waals surface area contributed by atoms with Gasteiger partial charge in [-0.2, -0.15) is 0 Å². The van der Waals surface area contributed by atoms with E-state index in [1.165, 1.54) is 70.5 Å². The standard InChI is InChI=1S/C13H25NO.C12H23NO2.2C11H21NO.C10H21NO2S.C10H19NO2.2C10H19NO.C9H17NO2.C9H19NO/c1-10(2)12(15)14-8-6-7-11(9-14)13(3,4)5;1-9(2)11(14)13-6-7-15-8-10(13)12(3,4)5;1-9(13)12-7-5-10(6-8-12)11(2,3)4;1-9(13)12-7-5-6-10(8-12)11(2,3)4;1-10(2,3)9-5-7-11(8-6-9)14(4,12)13;1-8(12)11-5-6-13-7-9(11)10(2,3)4;1-10(2,3)9-4-6-11(8-12)7-5-9;1-10(2,3)9-5-4-6-11(7-9)8-12;1-9(2,3)8-6-12-5-4-10(8)7-11;1-9(2,3)8-7-10(4)5-6-11-8/h10-11H,6-9H2,1-5H3;9-10H,6-8H2,1-5H3;2*10H,5-8H2,1-4H3;9H,5-8H2,1-4H3;9H,5-7H2,1-4H3;2*8-9H,4-7H2,1-3H3;7-8H,4-6H2,1-3H3;8H,5-7H2,1-4H3. The van der Waals surface area contributed by atoms with Crippen LogP contribution in [0.2, 0.25) is 0 Å². The van der Waals surface area contributed by atoms with Gasteiger partial charge in [0.2, 0.25) is 58.8 Å². The molecule has 0 aliphatic carbocycles. The molecule has 764 valence electrons. The van der Waals surface area contributed by atoms with Crippen LogP contribution in [0, 0.1) is 101 Å². The average Bonchev–Trinajstić information content (AvgIpc) is 0.812. The van der Waals surface area contributed by atoms with Crippen LogP contribution in [-0.4, -0.2) is 301 Å². The molecule has 7 atom stereocenters. The third-order valence-corrected chi connectivity index (χ3v) is 29.9. The molecule has 130 heavy (non-hydrogen) atoms. The second-order valence-corrected chi connectivity index (χ2v) is 52.4. The van der Waals surface area contributed by atoms with Crippen LogP contribution in [0.25, 0.3) is 0 Å². The number of amides is 8. The lowest BCUT2D eigenvalue weighted by Crippen LogP contribution is -2.55. The molecule has 25 heteroatoms. The van der Waals surface area contributed by atoms with Gasteiger partial charge in [-0.3, -0.25) is 38.4 Å². The molecule has 10 saturated heterocycles. The highest BCUT2D eigenvalue weighted by atomic mass is 32.2. The number of carbonyl (C=O) groups excluding carboxylic acids is 8. The molecular weight excluding hydrogens is 1660 g/mol. The minimum absolute atomic E-state index is 0.0768. The molecular formula is C105H204N10O14S. The number of carbonyl (C=O) groups is 8. The van der Waals surface area contributed by atoms with Crippen LogP contribution in [-0.2, 0) is 67.3 Å². The van der Waals surface area contributed by atoms with Crippen molar-refractivity contribution in [1.82, 2.24) is 48.4 Å². The van der Waals surface area contributed by atoms with Crippen molar-refractivity contribution in [2.45, 2.75) is 357 Å². The molecule has 0 aromatic heterocycles. The van der Waals surface area contributed by atoms with Crippen LogP contribution in [0.3, 0.4) is 0 Å². The molecule has 0 spiro atoms. The van der Waals surface area contributed by atoms with Gasteiger partial charge in [-0.25, -0.2) is 12.7 Å². The third kappa shape index (κ3) is 47.0. The quantitative estimate of drug-likeness (QED) is 0.225. The summed E-state index contributed by atoms with van der Waals surface area (Å²) in [6, 6.07) is 0.656. The maximum atomic E-state index is 12.0. The van der Waals surface area contributed by atoms with Crippen molar-refractivity contribution < 1.29 is 65.7 Å². The Morgan fingerprint density at radius 3 is 0.992 bits per heavy atom. The summed E-state index contributed by atoms with van der Waals surface area (Å²) in [5, 5.41) is 0. The predicted octanol–water partition coefficient (Wildman–Crippen LogP) is 18.5. The highest BCUT2D eigenvalue weighted by Gasteiger charge is 2.41. The Bertz CT molecular complexity index is 3370. The van der Waals surface area contributed by atoms with E-state index in [0.29, 0.717) is 121 Å². The molecule has 0 radical (unpaired) electrons. The van der Waals surface area contributed by atoms with Crippen LogP contribution in [0.15, 0.2) is 0 Å². The van der Waals surface area contributed by atoms with Gasteiger partial charge >= 0.3 is 0 Å². The lowest BCUT2D eigenvalue weighted by molar-refractivity contribution is -0.148. The Morgan fingerprint density at radius 2 is 0.669 bits per heavy atom. The maximum absolute atomic E-state index is 12.0. The van der Waals surface area contributed by atoms with E-state index in [2.05, 4.69) is 225 Å². The molecule has 10 aliphatic heterocycles. The second-order valence-electron chi connectivity index (χ2n) is 50.5. The fourth-order valence-corrected chi connectivity index (χ4v) is 19.3. The van der Waals surface area contributed by atoms with Crippen LogP contribution in [0.4, 0.5) is 0 Å². The monoisotopic (exact) mass is 1860 g/mol. The number of ether oxygens (including phenoxy) is 4. The first-order valence-electron chi connectivity index (χ1n) is 50.2. The maximum Gasteiger partial charge on any atom is 0.225 e. The van der Waals surface area contributed by atoms with E-state index in [-0.39, 0.29) is 75.3 Å². The Labute approximate surface area is 798 Å². The number of rotatable bonds is 6. The van der Waals surface area contributed by atoms with Gasteiger partial charge in [0.1, 0.15) is 0 Å². The number of hydrogen-bond acceptors (Lipinski definition) is 15. The molecule has 0 aromatic carbocycles. The number of morpholine rings is 4. The molecule has 10 aliphatic rings. The Morgan fingerprint density at radius 1 is 0.323 bits per heavy atom. The fraction of sp³-hybridized carbons (Fsp3) is 0.924. The number of likely N-dealkylation sites (tertiary alicyclic amines) is 5. The van der Waals surface area contributed by atoms with Gasteiger partial charge in [0.25, 0.3) is 0 Å². The third-order valence-electron chi connectivity index (χ3n) is 28.6. The first-order chi connectivity index (χ1) is 59.2. The van der Waals surface area contributed by atoms with Gasteiger partial charge in [0.15, 0.2) is 0 Å². The predicted molar refractivity (Wildman–Crippen MR) is 536 cm³/mol. The SMILES string of the molecule is CC(=O)N1CCC(C(C)(C)C)CC1.CC(=O)N1CCCC(C(C)(C)C)C1.CC(=O)N1CCOCC1C(C)(C)C.CC(C)(C)C1CCCN(C=O)C1.CC(C)(C)C1CCN(C=O)CC1.CC(C)(C)C1CCN(S(C)(=O)=O)CC1.CC(C)(C)C1COCCN1C=O.CC(C)C(=O)N1CCCC(C(C)(C)C)C1.CC(C)C(=O)N1CCOCC1C(C)(C)C.CN1CCOC(C(C)(C)C)C1. The number of nitrogens with zero attached hydrogens (tertiary/aromatic N) is 10. The normalized spacial score (nSPS) is 23.9. The highest BCUT2D eigenvalue weighted by Crippen LogP contribution is 2.40. The first-order valence-corrected chi connectivity index (χ1v) is 52.1. The van der Waals surface area contributed by atoms with Gasteiger partial charge < -0.3 is 63.0 Å². The number of piperidine rings is 6. The summed E-state index contributed by atoms with van der Waals surface area (Å²) in [5.74, 6) is 5.64. The summed E-state index contributed by atoms with van der Waals surface area (Å²) in [6.07, 6.45) is 18.6. The van der Waals surface area contributed by atoms with Crippen LogP contribution in [0.1, 0.15) is 333 Å². The van der Waals surface area contributed by atoms with E-state index in [0.717, 1.165) is 149 Å². The summed E-state index contributed by atoms with van der Waals surface area (Å²) in [5.41, 5.74) is 2.74. The van der Waals surface area contributed by atoms with Gasteiger partial charge in [0, 0.05) is 144 Å². The van der Waals surface area contributed by atoms with Crippen LogP contribution >= 0.6 is 0 Å². The van der Waals surface area contributed by atoms with Crippen molar-refractivity contribution >= 4 is 58.8 Å². The van der Waals surface area contributed by atoms with E-state index in [1.807, 2.05) is 62.0 Å². The Balaban J connectivity index is 0.000000723. The topological polar surface area (TPSA) is 240 Å². The fourth-order valence-electron chi connectivity index (χ4n) is 18.4. The van der Waals surface area contributed by atoms with Crippen LogP contribution < -0.4 is 0 Å². The minimum Gasteiger partial charge on any atom is -0.377 e. The van der Waals surface area contributed by atoms with Gasteiger partial charge in [-0.05, 0) is 174 Å². The van der Waals surface area contributed by atoms with E-state index in [4.69, 9.17) is 18.9 Å². The molecule has 0 aromatic rings. The van der Waals surface area contributed by atoms with Crippen molar-refractivity contribution in [3.8, 4) is 0 Å². The van der Waals surface area contributed by atoms with Crippen LogP contribution in [0.5, 0.6) is 0 Å². The molecule has 0 bridgehead atoms. The number of hydrogen-bond donors (Lipinski definition) is 0. The molecule has 10 heterocycles. The lowest BCUT2D eigenvalue weighted by atomic mass is 9.75. The van der Waals surface area contributed by atoms with E-state index < -0.39 is 10.0 Å². The van der Waals surface area contributed by atoms with Gasteiger partial charge in [0.05, 0.1) is 76.7 Å². The molecule has 24 nitrogen and oxygen atoms in total. The first kappa shape index (κ1) is 123. The van der Waals surface area contributed by atoms with Crippen molar-refractivity contribution in [1.29, 1.82) is 0 Å². The zero-order chi connectivity index (χ0) is 100. The van der Waals surface area contributed by atoms with Gasteiger partial charge in [-0.15, -0.1) is 0 Å². The average molecular weight is 1860 g/mol. The molecule has 0 saturated carbocycles. The van der Waals surface area contributed by atoms with Crippen molar-refractivity contribution in [2.24, 2.45) is 101 Å². The molecule has 8 amide bonds. The lowest BCUT2D eigenvalue weighted by Gasteiger charge is -2.43. The van der Waals surface area contributed by atoms with Crippen molar-refractivity contribution in [2.75, 3.05) is 171 Å². The molecule has 7 unspecified atom stereocenters. The second kappa shape index (κ2) is 55.2. The van der Waals surface area contributed by atoms with Crippen molar-refractivity contribution in [3.05, 3.63) is 0 Å².